The maximum absolute atomic E-state index is 12.6. The topological polar surface area (TPSA) is 52.9 Å². The molecule has 0 spiro atoms. The molecule has 1 fully saturated rings. The van der Waals surface area contributed by atoms with E-state index >= 15 is 0 Å². The van der Waals surface area contributed by atoms with Crippen LogP contribution in [0.25, 0.3) is 0 Å². The van der Waals surface area contributed by atoms with Crippen LogP contribution in [0.2, 0.25) is 0 Å². The number of alkyl halides is 2. The predicted molar refractivity (Wildman–Crippen MR) is 60.7 cm³/mol. The Morgan fingerprint density at radius 3 is 2.89 bits per heavy atom. The quantitative estimate of drug-likeness (QED) is 0.890. The fraction of sp³-hybridized carbons (Fsp3) is 0.385. The van der Waals surface area contributed by atoms with Gasteiger partial charge in [-0.1, -0.05) is 12.1 Å². The molecule has 0 bridgehead atoms. The van der Waals surface area contributed by atoms with E-state index in [9.17, 15) is 13.6 Å². The lowest BCUT2D eigenvalue weighted by Gasteiger charge is -2.05. The van der Waals surface area contributed by atoms with Crippen molar-refractivity contribution in [2.24, 2.45) is 5.92 Å². The summed E-state index contributed by atoms with van der Waals surface area (Å²) >= 11 is 0. The number of rotatable bonds is 4. The Bertz CT molecular complexity index is 508. The molecule has 2 rings (SSSR count). The predicted octanol–water partition coefficient (Wildman–Crippen LogP) is 2.22. The number of nitriles is 1. The molecule has 1 atom stereocenters. The number of nitrogens with one attached hydrogen (secondary N) is 1. The van der Waals surface area contributed by atoms with E-state index in [1.807, 2.05) is 6.07 Å². The molecule has 3 nitrogen and oxygen atoms in total. The van der Waals surface area contributed by atoms with Gasteiger partial charge in [-0.15, -0.1) is 0 Å². The number of amides is 1. The van der Waals surface area contributed by atoms with Crippen molar-refractivity contribution in [3.8, 4) is 6.07 Å². The number of nitrogens with zero attached hydrogens (tertiary/aromatic N) is 1. The van der Waals surface area contributed by atoms with Crippen molar-refractivity contribution in [3.63, 3.8) is 0 Å². The summed E-state index contributed by atoms with van der Waals surface area (Å²) in [5.41, 5.74) is 1.29. The molecule has 5 heteroatoms. The Balaban J connectivity index is 1.81. The normalized spacial score (nSPS) is 19.9. The summed E-state index contributed by atoms with van der Waals surface area (Å²) in [4.78, 5) is 11.4. The van der Waals surface area contributed by atoms with Crippen molar-refractivity contribution in [1.82, 2.24) is 5.32 Å². The monoisotopic (exact) mass is 250 g/mol. The highest BCUT2D eigenvalue weighted by Crippen LogP contribution is 2.50. The van der Waals surface area contributed by atoms with Crippen LogP contribution in [-0.2, 0) is 11.3 Å². The first-order chi connectivity index (χ1) is 8.51. The average molecular weight is 250 g/mol. The van der Waals surface area contributed by atoms with Gasteiger partial charge in [0, 0.05) is 25.3 Å². The van der Waals surface area contributed by atoms with Gasteiger partial charge in [-0.3, -0.25) is 4.79 Å². The molecular weight excluding hydrogens is 238 g/mol. The Morgan fingerprint density at radius 2 is 2.28 bits per heavy atom. The minimum absolute atomic E-state index is 0.134. The van der Waals surface area contributed by atoms with Crippen LogP contribution >= 0.6 is 0 Å². The van der Waals surface area contributed by atoms with Crippen LogP contribution in [0, 0.1) is 17.2 Å². The largest absolute Gasteiger partial charge is 0.352 e. The lowest BCUT2D eigenvalue weighted by molar-refractivity contribution is -0.122. The third-order valence-corrected chi connectivity index (χ3v) is 2.93. The highest BCUT2D eigenvalue weighted by atomic mass is 19.3. The second-order valence-corrected chi connectivity index (χ2v) is 4.46. The standard InChI is InChI=1S/C13H12F2N2O/c14-13(15)6-11(13)5-12(18)17-8-10-3-1-2-9(4-10)7-16/h1-4,11H,5-6,8H2,(H,17,18). The van der Waals surface area contributed by atoms with Gasteiger partial charge >= 0.3 is 0 Å². The van der Waals surface area contributed by atoms with Crippen LogP contribution in [0.1, 0.15) is 24.0 Å². The third kappa shape index (κ3) is 3.04. The number of carbonyl (C=O) groups is 1. The molecule has 1 saturated carbocycles. The van der Waals surface area contributed by atoms with Gasteiger partial charge in [0.1, 0.15) is 0 Å². The maximum Gasteiger partial charge on any atom is 0.252 e. The van der Waals surface area contributed by atoms with E-state index in [0.717, 1.165) is 5.56 Å². The molecule has 1 aromatic rings. The van der Waals surface area contributed by atoms with Crippen molar-refractivity contribution < 1.29 is 13.6 Å². The highest BCUT2D eigenvalue weighted by molar-refractivity contribution is 5.76. The van der Waals surface area contributed by atoms with Gasteiger partial charge in [0.05, 0.1) is 11.6 Å². The smallest absolute Gasteiger partial charge is 0.252 e. The van der Waals surface area contributed by atoms with Crippen molar-refractivity contribution in [2.75, 3.05) is 0 Å². The molecule has 1 aliphatic rings. The summed E-state index contributed by atoms with van der Waals surface area (Å²) in [6.07, 6.45) is -0.324. The fourth-order valence-electron chi connectivity index (χ4n) is 1.74. The minimum atomic E-state index is -2.65. The lowest BCUT2D eigenvalue weighted by Crippen LogP contribution is -2.23. The zero-order chi connectivity index (χ0) is 13.2. The van der Waals surface area contributed by atoms with Crippen molar-refractivity contribution in [3.05, 3.63) is 35.4 Å². The van der Waals surface area contributed by atoms with Gasteiger partial charge in [-0.05, 0) is 17.7 Å². The molecule has 1 amide bonds. The lowest BCUT2D eigenvalue weighted by atomic mass is 10.1. The van der Waals surface area contributed by atoms with Gasteiger partial charge in [0.2, 0.25) is 5.91 Å². The van der Waals surface area contributed by atoms with E-state index in [1.54, 1.807) is 24.3 Å². The van der Waals surface area contributed by atoms with Crippen LogP contribution in [0.5, 0.6) is 0 Å². The van der Waals surface area contributed by atoms with Gasteiger partial charge in [-0.2, -0.15) is 5.26 Å². The molecule has 0 aliphatic heterocycles. The van der Waals surface area contributed by atoms with Crippen molar-refractivity contribution in [2.45, 2.75) is 25.3 Å². The summed E-state index contributed by atoms with van der Waals surface area (Å²) in [5.74, 6) is -3.83. The molecule has 94 valence electrons. The second kappa shape index (κ2) is 4.73. The Kier molecular flexibility index (Phi) is 3.28. The first kappa shape index (κ1) is 12.5. The Hall–Kier alpha value is -1.96. The summed E-state index contributed by atoms with van der Waals surface area (Å²) < 4.78 is 25.2. The Morgan fingerprint density at radius 1 is 1.56 bits per heavy atom. The SMILES string of the molecule is N#Cc1cccc(CNC(=O)CC2CC2(F)F)c1. The van der Waals surface area contributed by atoms with Crippen molar-refractivity contribution >= 4 is 5.91 Å². The number of benzene rings is 1. The number of hydrogen-bond acceptors (Lipinski definition) is 2. The summed E-state index contributed by atoms with van der Waals surface area (Å²) in [6.45, 7) is 0.257. The van der Waals surface area contributed by atoms with Crippen LogP contribution < -0.4 is 5.32 Å². The zero-order valence-electron chi connectivity index (χ0n) is 9.62. The van der Waals surface area contributed by atoms with Gasteiger partial charge in [0.25, 0.3) is 5.92 Å². The molecule has 18 heavy (non-hydrogen) atoms. The summed E-state index contributed by atoms with van der Waals surface area (Å²) in [7, 11) is 0. The van der Waals surface area contributed by atoms with Gasteiger partial charge in [0.15, 0.2) is 0 Å². The number of carbonyl (C=O) groups excluding carboxylic acids is 1. The van der Waals surface area contributed by atoms with E-state index in [-0.39, 0.29) is 25.3 Å². The van der Waals surface area contributed by atoms with Crippen LogP contribution in [0.4, 0.5) is 8.78 Å². The Labute approximate surface area is 103 Å². The first-order valence-electron chi connectivity index (χ1n) is 5.65. The van der Waals surface area contributed by atoms with Gasteiger partial charge < -0.3 is 5.32 Å². The van der Waals surface area contributed by atoms with E-state index in [4.69, 9.17) is 5.26 Å². The summed E-state index contributed by atoms with van der Waals surface area (Å²) in [6, 6.07) is 8.81. The van der Waals surface area contributed by atoms with Gasteiger partial charge in [-0.25, -0.2) is 8.78 Å². The van der Waals surface area contributed by atoms with E-state index in [1.165, 1.54) is 0 Å². The second-order valence-electron chi connectivity index (χ2n) is 4.46. The molecule has 1 unspecified atom stereocenters. The number of halogens is 2. The van der Waals surface area contributed by atoms with E-state index in [0.29, 0.717) is 5.56 Å². The molecule has 0 heterocycles. The van der Waals surface area contributed by atoms with Crippen LogP contribution in [0.3, 0.4) is 0 Å². The van der Waals surface area contributed by atoms with Crippen LogP contribution in [0.15, 0.2) is 24.3 Å². The first-order valence-corrected chi connectivity index (χ1v) is 5.65. The highest BCUT2D eigenvalue weighted by Gasteiger charge is 2.57. The molecular formula is C13H12F2N2O. The third-order valence-electron chi connectivity index (χ3n) is 2.93. The molecule has 1 aromatic carbocycles. The summed E-state index contributed by atoms with van der Waals surface area (Å²) in [5, 5.41) is 11.3. The fourth-order valence-corrected chi connectivity index (χ4v) is 1.74. The minimum Gasteiger partial charge on any atom is -0.352 e. The average Bonchev–Trinajstić information content (AvgIpc) is 2.94. The molecule has 0 aromatic heterocycles. The van der Waals surface area contributed by atoms with Crippen molar-refractivity contribution in [1.29, 1.82) is 5.26 Å². The zero-order valence-corrected chi connectivity index (χ0v) is 9.62. The molecule has 0 radical (unpaired) electrons. The maximum atomic E-state index is 12.6. The van der Waals surface area contributed by atoms with E-state index < -0.39 is 11.8 Å². The molecule has 1 N–H and O–H groups in total. The van der Waals surface area contributed by atoms with Crippen LogP contribution in [-0.4, -0.2) is 11.8 Å². The molecule has 1 aliphatic carbocycles. The molecule has 0 saturated heterocycles. The number of hydrogen-bond donors (Lipinski definition) is 1. The van der Waals surface area contributed by atoms with E-state index in [2.05, 4.69) is 5.32 Å².